The van der Waals surface area contributed by atoms with Crippen molar-refractivity contribution in [2.24, 2.45) is 0 Å². The van der Waals surface area contributed by atoms with E-state index in [1.165, 1.54) is 0 Å². The summed E-state index contributed by atoms with van der Waals surface area (Å²) in [5, 5.41) is 0. The van der Waals surface area contributed by atoms with Gasteiger partial charge in [0.2, 0.25) is 0 Å². The molecule has 0 aromatic carbocycles. The maximum Gasteiger partial charge on any atom is 0.381 e. The summed E-state index contributed by atoms with van der Waals surface area (Å²) in [6.07, 6.45) is -0.0457. The van der Waals surface area contributed by atoms with Crippen LogP contribution in [0.1, 0.15) is 71.1 Å². The molecule has 0 spiro atoms. The van der Waals surface area contributed by atoms with Crippen LogP contribution < -0.4 is 0 Å². The first-order valence-corrected chi connectivity index (χ1v) is 10.0. The van der Waals surface area contributed by atoms with E-state index in [0.717, 1.165) is 25.7 Å². The second-order valence-electron chi connectivity index (χ2n) is 7.06. The third-order valence-corrected chi connectivity index (χ3v) is 4.34. The molecule has 0 bridgehead atoms. The predicted molar refractivity (Wildman–Crippen MR) is 94.6 cm³/mol. The minimum absolute atomic E-state index is 0.174. The van der Waals surface area contributed by atoms with Crippen LogP contribution in [-0.4, -0.2) is 49.3 Å². The Bertz CT molecular complexity index is 541. The molecule has 0 N–H and O–H groups in total. The maximum absolute atomic E-state index is 13.2. The molecular weight excluding hydrogens is 444 g/mol. The van der Waals surface area contributed by atoms with E-state index >= 15 is 0 Å². The average Bonchev–Trinajstić information content (AvgIpc) is 2.68. The van der Waals surface area contributed by atoms with Crippen LogP contribution in [0.15, 0.2) is 0 Å². The highest BCUT2D eigenvalue weighted by Gasteiger charge is 2.75. The molecule has 0 aliphatic heterocycles. The lowest BCUT2D eigenvalue weighted by atomic mass is 10.1. The zero-order chi connectivity index (χ0) is 24.1. The van der Waals surface area contributed by atoms with Crippen molar-refractivity contribution in [3.63, 3.8) is 0 Å². The molecule has 0 saturated heterocycles. The predicted octanol–water partition coefficient (Wildman–Crippen LogP) is 6.16. The lowest BCUT2D eigenvalue weighted by Gasteiger charge is -2.31. The molecule has 0 fully saturated rings. The Balaban J connectivity index is 4.00. The van der Waals surface area contributed by atoms with Gasteiger partial charge in [-0.25, -0.2) is 8.78 Å². The van der Waals surface area contributed by atoms with Crippen LogP contribution in [0.4, 0.5) is 35.1 Å². The van der Waals surface area contributed by atoms with E-state index in [2.05, 4.69) is 4.74 Å². The molecule has 12 heteroatoms. The van der Waals surface area contributed by atoms with Crippen molar-refractivity contribution in [2.75, 3.05) is 13.2 Å². The monoisotopic (exact) mass is 472 g/mol. The molecule has 184 valence electrons. The number of halogens is 8. The molecule has 0 atom stereocenters. The van der Waals surface area contributed by atoms with Gasteiger partial charge in [0.15, 0.2) is 6.61 Å². The van der Waals surface area contributed by atoms with Crippen LogP contribution in [0.3, 0.4) is 0 Å². The molecular formula is C19H28F8O4. The topological polar surface area (TPSA) is 52.6 Å². The van der Waals surface area contributed by atoms with Crippen molar-refractivity contribution in [3.05, 3.63) is 0 Å². The maximum atomic E-state index is 13.2. The number of hydrogen-bond donors (Lipinski definition) is 0. The van der Waals surface area contributed by atoms with Gasteiger partial charge in [0.1, 0.15) is 0 Å². The average molecular weight is 472 g/mol. The van der Waals surface area contributed by atoms with Crippen LogP contribution in [-0.2, 0) is 19.1 Å². The first-order valence-electron chi connectivity index (χ1n) is 10.0. The highest BCUT2D eigenvalue weighted by Crippen LogP contribution is 2.48. The normalized spacial score (nSPS) is 12.8. The molecule has 0 heterocycles. The van der Waals surface area contributed by atoms with Crippen molar-refractivity contribution < 1.29 is 54.2 Å². The van der Waals surface area contributed by atoms with Gasteiger partial charge >= 0.3 is 36.1 Å². The van der Waals surface area contributed by atoms with Crippen LogP contribution >= 0.6 is 0 Å². The highest BCUT2D eigenvalue weighted by molar-refractivity contribution is 5.69. The van der Waals surface area contributed by atoms with Crippen molar-refractivity contribution in [3.8, 4) is 0 Å². The second kappa shape index (κ2) is 13.7. The summed E-state index contributed by atoms with van der Waals surface area (Å²) in [6, 6.07) is 0. The minimum atomic E-state index is -6.39. The number of carbonyl (C=O) groups excluding carboxylic acids is 2. The van der Waals surface area contributed by atoms with Crippen LogP contribution in [0.5, 0.6) is 0 Å². The second-order valence-corrected chi connectivity index (χ2v) is 7.06. The fraction of sp³-hybridized carbons (Fsp3) is 0.895. The van der Waals surface area contributed by atoms with Crippen molar-refractivity contribution >= 4 is 11.9 Å². The highest BCUT2D eigenvalue weighted by atomic mass is 19.4. The van der Waals surface area contributed by atoms with E-state index in [0.29, 0.717) is 32.3 Å². The molecule has 0 rings (SSSR count). The third kappa shape index (κ3) is 10.0. The largest absolute Gasteiger partial charge is 0.466 e. The number of unbranched alkanes of at least 4 members (excludes halogenated alkanes) is 6. The smallest absolute Gasteiger partial charge is 0.381 e. The van der Waals surface area contributed by atoms with Crippen molar-refractivity contribution in [2.45, 2.75) is 95.3 Å². The SMILES string of the molecule is CCCCOC(=O)CCCCCCCCC(=O)OCC(F)(F)C(F)(F)C(F)(F)C(F)F. The summed E-state index contributed by atoms with van der Waals surface area (Å²) in [5.41, 5.74) is 0. The molecule has 0 radical (unpaired) electrons. The summed E-state index contributed by atoms with van der Waals surface area (Å²) in [5.74, 6) is -19.9. The first kappa shape index (κ1) is 29.4. The molecule has 0 aliphatic carbocycles. The van der Waals surface area contributed by atoms with Gasteiger partial charge in [0.25, 0.3) is 0 Å². The Morgan fingerprint density at radius 3 is 1.65 bits per heavy atom. The van der Waals surface area contributed by atoms with E-state index in [4.69, 9.17) is 4.74 Å². The summed E-state index contributed by atoms with van der Waals surface area (Å²) < 4.78 is 111. The molecule has 31 heavy (non-hydrogen) atoms. The Kier molecular flexibility index (Phi) is 13.0. The number of rotatable bonds is 17. The van der Waals surface area contributed by atoms with Gasteiger partial charge in [-0.3, -0.25) is 9.59 Å². The Morgan fingerprint density at radius 1 is 0.742 bits per heavy atom. The summed E-state index contributed by atoms with van der Waals surface area (Å²) in [6.45, 7) is -0.0708. The molecule has 0 unspecified atom stereocenters. The minimum Gasteiger partial charge on any atom is -0.466 e. The van der Waals surface area contributed by atoms with E-state index in [-0.39, 0.29) is 12.4 Å². The summed E-state index contributed by atoms with van der Waals surface area (Å²) >= 11 is 0. The first-order chi connectivity index (χ1) is 14.3. The van der Waals surface area contributed by atoms with Gasteiger partial charge in [0.05, 0.1) is 6.61 Å². The Morgan fingerprint density at radius 2 is 1.19 bits per heavy atom. The summed E-state index contributed by atoms with van der Waals surface area (Å²) in [7, 11) is 0. The van der Waals surface area contributed by atoms with E-state index in [9.17, 15) is 44.7 Å². The van der Waals surface area contributed by atoms with Crippen LogP contribution in [0.2, 0.25) is 0 Å². The molecule has 0 aliphatic rings. The lowest BCUT2D eigenvalue weighted by Crippen LogP contribution is -2.59. The summed E-state index contributed by atoms with van der Waals surface area (Å²) in [4.78, 5) is 22.7. The van der Waals surface area contributed by atoms with Gasteiger partial charge in [-0.05, 0) is 19.3 Å². The molecule has 0 amide bonds. The number of esters is 2. The van der Waals surface area contributed by atoms with E-state index in [1.54, 1.807) is 0 Å². The third-order valence-electron chi connectivity index (χ3n) is 4.34. The number of ether oxygens (including phenoxy) is 2. The van der Waals surface area contributed by atoms with Gasteiger partial charge in [-0.2, -0.15) is 26.3 Å². The van der Waals surface area contributed by atoms with Crippen molar-refractivity contribution in [1.82, 2.24) is 0 Å². The number of hydrogen-bond acceptors (Lipinski definition) is 4. The van der Waals surface area contributed by atoms with Crippen LogP contribution in [0, 0.1) is 0 Å². The zero-order valence-corrected chi connectivity index (χ0v) is 17.2. The molecule has 0 aromatic rings. The van der Waals surface area contributed by atoms with Crippen LogP contribution in [0.25, 0.3) is 0 Å². The Labute approximate surface area is 175 Å². The standard InChI is InChI=1S/C19H28F8O4/c1-2-3-12-30-14(28)10-8-6-4-5-7-9-11-15(29)31-13-17(22,23)19(26,27)18(24,25)16(20)21/h16H,2-13H2,1H3. The van der Waals surface area contributed by atoms with E-state index < -0.39 is 43.2 Å². The number of alkyl halides is 8. The van der Waals surface area contributed by atoms with Gasteiger partial charge in [0, 0.05) is 12.8 Å². The van der Waals surface area contributed by atoms with Gasteiger partial charge < -0.3 is 9.47 Å². The quantitative estimate of drug-likeness (QED) is 0.144. The zero-order valence-electron chi connectivity index (χ0n) is 17.2. The lowest BCUT2D eigenvalue weighted by molar-refractivity contribution is -0.344. The van der Waals surface area contributed by atoms with Crippen molar-refractivity contribution in [1.29, 1.82) is 0 Å². The fourth-order valence-corrected chi connectivity index (χ4v) is 2.36. The van der Waals surface area contributed by atoms with Gasteiger partial charge in [-0.1, -0.05) is 39.0 Å². The molecule has 4 nitrogen and oxygen atoms in total. The Hall–Kier alpha value is -1.62. The van der Waals surface area contributed by atoms with Gasteiger partial charge in [-0.15, -0.1) is 0 Å². The number of carbonyl (C=O) groups is 2. The fourth-order valence-electron chi connectivity index (χ4n) is 2.36. The molecule has 0 aromatic heterocycles. The molecule has 0 saturated carbocycles. The van der Waals surface area contributed by atoms with E-state index in [1.807, 2.05) is 6.92 Å².